The van der Waals surface area contributed by atoms with Gasteiger partial charge in [0, 0.05) is 23.0 Å². The molecule has 0 unspecified atom stereocenters. The van der Waals surface area contributed by atoms with E-state index in [1.54, 1.807) is 12.1 Å². The fourth-order valence-electron chi connectivity index (χ4n) is 3.35. The number of aromatic amines is 1. The average Bonchev–Trinajstić information content (AvgIpc) is 2.85. The van der Waals surface area contributed by atoms with Gasteiger partial charge in [-0.25, -0.2) is 0 Å². The summed E-state index contributed by atoms with van der Waals surface area (Å²) >= 11 is 6.32. The molecule has 0 saturated heterocycles. The summed E-state index contributed by atoms with van der Waals surface area (Å²) in [6, 6.07) is 13.0. The Balaban J connectivity index is 1.77. The van der Waals surface area contributed by atoms with Crippen LogP contribution in [0.5, 0.6) is 11.5 Å². The molecule has 6 heteroatoms. The zero-order chi connectivity index (χ0) is 19.7. The molecule has 0 atom stereocenters. The molecule has 0 saturated carbocycles. The first-order valence-electron chi connectivity index (χ1n) is 8.91. The van der Waals surface area contributed by atoms with E-state index < -0.39 is 0 Å². The van der Waals surface area contributed by atoms with E-state index in [0.717, 1.165) is 23.0 Å². The smallest absolute Gasteiger partial charge is 0.205 e. The van der Waals surface area contributed by atoms with Crippen molar-refractivity contribution < 1.29 is 14.3 Å². The number of H-pyrrole nitrogens is 1. The maximum absolute atomic E-state index is 13.1. The molecule has 1 aromatic heterocycles. The Hall–Kier alpha value is -3.23. The van der Waals surface area contributed by atoms with Gasteiger partial charge in [-0.3, -0.25) is 4.79 Å². The minimum atomic E-state index is -0.333. The third kappa shape index (κ3) is 3.23. The number of ether oxygens (including phenoxy) is 2. The van der Waals surface area contributed by atoms with Crippen molar-refractivity contribution in [2.24, 2.45) is 0 Å². The number of ketones is 1. The number of nitriles is 1. The predicted molar refractivity (Wildman–Crippen MR) is 108 cm³/mol. The minimum absolute atomic E-state index is 0.0263. The third-order valence-corrected chi connectivity index (χ3v) is 4.90. The van der Waals surface area contributed by atoms with Gasteiger partial charge < -0.3 is 14.5 Å². The maximum atomic E-state index is 13.1. The number of Topliss-reactive ketones (excluding diaryl/α,β-unsaturated/α-hetero) is 1. The highest BCUT2D eigenvalue weighted by Gasteiger charge is 2.21. The van der Waals surface area contributed by atoms with Gasteiger partial charge in [-0.1, -0.05) is 29.8 Å². The van der Waals surface area contributed by atoms with Crippen LogP contribution in [0.4, 0.5) is 0 Å². The summed E-state index contributed by atoms with van der Waals surface area (Å²) < 4.78 is 11.3. The standard InChI is InChI=1S/C22H17ClN2O3/c1-13-20(16-5-2-3-6-18(16)25-13)21(26)15(12-24)9-14-10-17(23)22-19(11-14)27-7-4-8-28-22/h2-3,5-6,9-11,25H,4,7-8H2,1H3/b15-9+. The van der Waals surface area contributed by atoms with Crippen LogP contribution in [-0.2, 0) is 0 Å². The van der Waals surface area contributed by atoms with Crippen LogP contribution in [0.2, 0.25) is 5.02 Å². The number of fused-ring (bicyclic) bond motifs is 2. The second kappa shape index (κ2) is 7.41. The zero-order valence-electron chi connectivity index (χ0n) is 15.2. The number of rotatable bonds is 3. The van der Waals surface area contributed by atoms with Crippen LogP contribution in [0.15, 0.2) is 42.0 Å². The summed E-state index contributed by atoms with van der Waals surface area (Å²) in [6.45, 7) is 2.88. The van der Waals surface area contributed by atoms with E-state index in [4.69, 9.17) is 21.1 Å². The van der Waals surface area contributed by atoms with Gasteiger partial charge >= 0.3 is 0 Å². The lowest BCUT2D eigenvalue weighted by molar-refractivity contribution is 0.104. The van der Waals surface area contributed by atoms with E-state index in [-0.39, 0.29) is 11.4 Å². The van der Waals surface area contributed by atoms with E-state index >= 15 is 0 Å². The topological polar surface area (TPSA) is 75.1 Å². The van der Waals surface area contributed by atoms with E-state index in [2.05, 4.69) is 4.98 Å². The van der Waals surface area contributed by atoms with Crippen LogP contribution in [0.3, 0.4) is 0 Å². The highest BCUT2D eigenvalue weighted by molar-refractivity contribution is 6.32. The molecule has 5 nitrogen and oxygen atoms in total. The van der Waals surface area contributed by atoms with E-state index in [9.17, 15) is 10.1 Å². The Kier molecular flexibility index (Phi) is 4.81. The van der Waals surface area contributed by atoms with Crippen molar-refractivity contribution in [1.29, 1.82) is 5.26 Å². The van der Waals surface area contributed by atoms with Crippen LogP contribution in [-0.4, -0.2) is 24.0 Å². The van der Waals surface area contributed by atoms with Crippen LogP contribution in [0.25, 0.3) is 17.0 Å². The van der Waals surface area contributed by atoms with Crippen LogP contribution in [0, 0.1) is 18.3 Å². The molecule has 0 spiro atoms. The number of hydrogen-bond donors (Lipinski definition) is 1. The van der Waals surface area contributed by atoms with Crippen LogP contribution in [0.1, 0.15) is 28.0 Å². The number of nitrogens with one attached hydrogen (secondary N) is 1. The summed E-state index contributed by atoms with van der Waals surface area (Å²) in [5, 5.41) is 10.8. The number of aryl methyl sites for hydroxylation is 1. The molecule has 0 aliphatic carbocycles. The summed E-state index contributed by atoms with van der Waals surface area (Å²) in [7, 11) is 0. The number of aromatic nitrogens is 1. The molecule has 140 valence electrons. The van der Waals surface area contributed by atoms with E-state index in [1.165, 1.54) is 6.08 Å². The largest absolute Gasteiger partial charge is 0.489 e. The lowest BCUT2D eigenvalue weighted by atomic mass is 9.99. The van der Waals surface area contributed by atoms with Crippen LogP contribution < -0.4 is 9.47 Å². The predicted octanol–water partition coefficient (Wildman–Crippen LogP) is 5.08. The molecule has 0 bridgehead atoms. The first kappa shape index (κ1) is 18.1. The van der Waals surface area contributed by atoms with Crippen molar-refractivity contribution in [3.63, 3.8) is 0 Å². The first-order valence-corrected chi connectivity index (χ1v) is 9.29. The molecule has 0 fully saturated rings. The number of allylic oxidation sites excluding steroid dienone is 1. The van der Waals surface area contributed by atoms with Gasteiger partial charge in [0.05, 0.1) is 23.8 Å². The van der Waals surface area contributed by atoms with Crippen molar-refractivity contribution in [2.45, 2.75) is 13.3 Å². The summed E-state index contributed by atoms with van der Waals surface area (Å²) in [6.07, 6.45) is 2.29. The molecular formula is C22H17ClN2O3. The van der Waals surface area contributed by atoms with Gasteiger partial charge in [-0.05, 0) is 36.8 Å². The van der Waals surface area contributed by atoms with Gasteiger partial charge in [0.25, 0.3) is 0 Å². The lowest BCUT2D eigenvalue weighted by Crippen LogP contribution is -2.03. The van der Waals surface area contributed by atoms with E-state index in [1.807, 2.05) is 37.3 Å². The summed E-state index contributed by atoms with van der Waals surface area (Å²) in [5.74, 6) is 0.679. The van der Waals surface area contributed by atoms with Crippen molar-refractivity contribution >= 4 is 34.4 Å². The Labute approximate surface area is 167 Å². The van der Waals surface area contributed by atoms with Gasteiger partial charge in [0.1, 0.15) is 11.6 Å². The van der Waals surface area contributed by atoms with Crippen molar-refractivity contribution in [3.8, 4) is 17.6 Å². The van der Waals surface area contributed by atoms with Gasteiger partial charge in [-0.15, -0.1) is 0 Å². The number of benzene rings is 2. The molecule has 1 N–H and O–H groups in total. The fraction of sp³-hybridized carbons (Fsp3) is 0.182. The van der Waals surface area contributed by atoms with Crippen LogP contribution >= 0.6 is 11.6 Å². The number of carbonyl (C=O) groups excluding carboxylic acids is 1. The summed E-state index contributed by atoms with van der Waals surface area (Å²) in [4.78, 5) is 16.3. The molecule has 0 radical (unpaired) electrons. The Morgan fingerprint density at radius 2 is 2.04 bits per heavy atom. The SMILES string of the molecule is Cc1[nH]c2ccccc2c1C(=O)/C(C#N)=C/c1cc(Cl)c2c(c1)OCCCO2. The molecule has 1 aliphatic heterocycles. The summed E-state index contributed by atoms with van der Waals surface area (Å²) in [5.41, 5.74) is 2.72. The molecule has 4 rings (SSSR count). The normalized spacial score (nSPS) is 13.8. The Morgan fingerprint density at radius 3 is 2.86 bits per heavy atom. The molecular weight excluding hydrogens is 376 g/mol. The average molecular weight is 393 g/mol. The highest BCUT2D eigenvalue weighted by atomic mass is 35.5. The lowest BCUT2D eigenvalue weighted by Gasteiger charge is -2.10. The third-order valence-electron chi connectivity index (χ3n) is 4.62. The second-order valence-corrected chi connectivity index (χ2v) is 6.96. The minimum Gasteiger partial charge on any atom is -0.489 e. The highest BCUT2D eigenvalue weighted by Crippen LogP contribution is 2.38. The van der Waals surface area contributed by atoms with Crippen molar-refractivity contribution in [2.75, 3.05) is 13.2 Å². The number of hydrogen-bond acceptors (Lipinski definition) is 4. The monoisotopic (exact) mass is 392 g/mol. The van der Waals surface area contributed by atoms with Crippen molar-refractivity contribution in [1.82, 2.24) is 4.98 Å². The second-order valence-electron chi connectivity index (χ2n) is 6.55. The van der Waals surface area contributed by atoms with Gasteiger partial charge in [-0.2, -0.15) is 5.26 Å². The molecule has 0 amide bonds. The molecule has 2 aromatic carbocycles. The maximum Gasteiger partial charge on any atom is 0.205 e. The number of nitrogens with zero attached hydrogens (tertiary/aromatic N) is 1. The number of halogens is 1. The quantitative estimate of drug-likeness (QED) is 0.383. The molecule has 3 aromatic rings. The van der Waals surface area contributed by atoms with Gasteiger partial charge in [0.15, 0.2) is 11.5 Å². The zero-order valence-corrected chi connectivity index (χ0v) is 16.0. The Bertz CT molecular complexity index is 1150. The fourth-order valence-corrected chi connectivity index (χ4v) is 3.63. The molecule has 2 heterocycles. The van der Waals surface area contributed by atoms with Crippen molar-refractivity contribution in [3.05, 3.63) is 63.8 Å². The number of para-hydroxylation sites is 1. The molecule has 28 heavy (non-hydrogen) atoms. The number of carbonyl (C=O) groups is 1. The Morgan fingerprint density at radius 1 is 1.25 bits per heavy atom. The van der Waals surface area contributed by atoms with Gasteiger partial charge in [0.2, 0.25) is 5.78 Å². The molecule has 1 aliphatic rings. The first-order chi connectivity index (χ1) is 13.6. The van der Waals surface area contributed by atoms with E-state index in [0.29, 0.717) is 40.9 Å².